The molecule has 46 heavy (non-hydrogen) atoms. The first-order valence-corrected chi connectivity index (χ1v) is 16.0. The number of ether oxygens (including phenoxy) is 1. The fourth-order valence-corrected chi connectivity index (χ4v) is 6.85. The van der Waals surface area contributed by atoms with Crippen molar-refractivity contribution in [3.63, 3.8) is 0 Å². The molecule has 1 spiro atoms. The smallest absolute Gasteiger partial charge is 0.228 e. The number of hydrogen-bond donors (Lipinski definition) is 1. The number of hydrogen-bond acceptors (Lipinski definition) is 10. The minimum atomic E-state index is 0.00259. The Morgan fingerprint density at radius 2 is 1.91 bits per heavy atom. The monoisotopic (exact) mass is 618 g/mol. The first kappa shape index (κ1) is 29.8. The summed E-state index contributed by atoms with van der Waals surface area (Å²) in [5, 5.41) is 17.5. The Balaban J connectivity index is 1.04. The van der Waals surface area contributed by atoms with Gasteiger partial charge in [-0.1, -0.05) is 30.3 Å². The van der Waals surface area contributed by atoms with Crippen molar-refractivity contribution in [2.75, 3.05) is 41.4 Å². The van der Waals surface area contributed by atoms with Crippen molar-refractivity contribution in [3.8, 4) is 17.3 Å². The number of carbonyl (C=O) groups excluding carboxylic acids is 1. The highest BCUT2D eigenvalue weighted by atomic mass is 16.5. The molecule has 1 saturated carbocycles. The first-order chi connectivity index (χ1) is 22.5. The van der Waals surface area contributed by atoms with Gasteiger partial charge in [-0.25, -0.2) is 9.97 Å². The van der Waals surface area contributed by atoms with Crippen molar-refractivity contribution in [2.24, 2.45) is 12.5 Å². The van der Waals surface area contributed by atoms with E-state index in [-0.39, 0.29) is 23.4 Å². The molecule has 12 nitrogen and oxygen atoms in total. The van der Waals surface area contributed by atoms with E-state index in [0.717, 1.165) is 69.5 Å². The van der Waals surface area contributed by atoms with Gasteiger partial charge in [-0.3, -0.25) is 19.4 Å². The van der Waals surface area contributed by atoms with Crippen molar-refractivity contribution in [2.45, 2.75) is 57.0 Å². The maximum absolute atomic E-state index is 13.8. The standard InChI is InChI=1S/C34H38N10O2/c1-42-20-26(17-39-42)29-18-37-30(19-36-29)44(31(45)12-7-24-5-3-2-4-6-24)28-10-8-27(9-11-28)40-33-38-16-25(15-35)32(41-33)43-14-13-34(21-43)22-46-23-34/h2-6,16-20,27-28H,7-14,21-23H2,1H3,(H,38,40,41). The Kier molecular flexibility index (Phi) is 8.32. The van der Waals surface area contributed by atoms with Gasteiger partial charge in [-0.15, -0.1) is 0 Å². The molecule has 7 rings (SSSR count). The highest BCUT2D eigenvalue weighted by Gasteiger charge is 2.45. The second kappa shape index (κ2) is 12.8. The molecule has 1 aromatic carbocycles. The number of anilines is 3. The fraction of sp³-hybridized carbons (Fsp3) is 0.441. The van der Waals surface area contributed by atoms with Gasteiger partial charge < -0.3 is 15.0 Å². The van der Waals surface area contributed by atoms with Crippen LogP contribution in [0.3, 0.4) is 0 Å². The van der Waals surface area contributed by atoms with E-state index < -0.39 is 0 Å². The van der Waals surface area contributed by atoms with Crippen LogP contribution in [0.2, 0.25) is 0 Å². The largest absolute Gasteiger partial charge is 0.380 e. The molecule has 4 aromatic rings. The van der Waals surface area contributed by atoms with Crippen molar-refractivity contribution in [1.82, 2.24) is 29.7 Å². The second-order valence-corrected chi connectivity index (χ2v) is 12.8. The molecule has 12 heteroatoms. The zero-order chi connectivity index (χ0) is 31.5. The molecule has 236 valence electrons. The number of rotatable bonds is 9. The molecular weight excluding hydrogens is 580 g/mol. The fourth-order valence-electron chi connectivity index (χ4n) is 6.85. The van der Waals surface area contributed by atoms with Gasteiger partial charge in [0.25, 0.3) is 0 Å². The zero-order valence-corrected chi connectivity index (χ0v) is 26.0. The number of nitriles is 1. The van der Waals surface area contributed by atoms with Crippen LogP contribution in [0.4, 0.5) is 17.6 Å². The molecule has 2 aliphatic heterocycles. The molecule has 0 unspecified atom stereocenters. The zero-order valence-electron chi connectivity index (χ0n) is 26.0. The maximum Gasteiger partial charge on any atom is 0.228 e. The number of benzene rings is 1. The average molecular weight is 619 g/mol. The third-order valence-electron chi connectivity index (χ3n) is 9.46. The van der Waals surface area contributed by atoms with Crippen LogP contribution < -0.4 is 15.1 Å². The van der Waals surface area contributed by atoms with E-state index in [2.05, 4.69) is 43.5 Å². The Labute approximate surface area is 268 Å². The van der Waals surface area contributed by atoms with Crippen LogP contribution in [-0.4, -0.2) is 74.0 Å². The second-order valence-electron chi connectivity index (χ2n) is 12.8. The average Bonchev–Trinajstić information content (AvgIpc) is 3.73. The topological polar surface area (TPSA) is 138 Å². The van der Waals surface area contributed by atoms with Gasteiger partial charge in [-0.05, 0) is 44.1 Å². The van der Waals surface area contributed by atoms with Crippen molar-refractivity contribution >= 4 is 23.5 Å². The van der Waals surface area contributed by atoms with Gasteiger partial charge in [0.1, 0.15) is 11.6 Å². The molecule has 1 N–H and O–H groups in total. The molecule has 2 saturated heterocycles. The molecule has 3 aromatic heterocycles. The molecule has 0 atom stereocenters. The third-order valence-corrected chi connectivity index (χ3v) is 9.46. The van der Waals surface area contributed by atoms with E-state index in [4.69, 9.17) is 14.7 Å². The van der Waals surface area contributed by atoms with Crippen molar-refractivity contribution in [1.29, 1.82) is 5.26 Å². The van der Waals surface area contributed by atoms with Crippen LogP contribution in [-0.2, 0) is 23.0 Å². The molecule has 3 aliphatic rings. The van der Waals surface area contributed by atoms with E-state index in [9.17, 15) is 10.1 Å². The maximum atomic E-state index is 13.8. The van der Waals surface area contributed by atoms with E-state index in [1.807, 2.05) is 36.3 Å². The van der Waals surface area contributed by atoms with Crippen LogP contribution in [0, 0.1) is 16.7 Å². The van der Waals surface area contributed by atoms with Gasteiger partial charge in [0.2, 0.25) is 11.9 Å². The molecule has 1 amide bonds. The number of nitrogens with one attached hydrogen (secondary N) is 1. The summed E-state index contributed by atoms with van der Waals surface area (Å²) in [6, 6.07) is 12.5. The van der Waals surface area contributed by atoms with E-state index in [0.29, 0.717) is 41.7 Å². The predicted octanol–water partition coefficient (Wildman–Crippen LogP) is 4.15. The normalized spacial score (nSPS) is 20.2. The van der Waals surface area contributed by atoms with Gasteiger partial charge in [0.15, 0.2) is 11.6 Å². The summed E-state index contributed by atoms with van der Waals surface area (Å²) in [5.74, 6) is 1.85. The number of nitrogens with zero attached hydrogens (tertiary/aromatic N) is 9. The van der Waals surface area contributed by atoms with Crippen molar-refractivity contribution < 1.29 is 9.53 Å². The third kappa shape index (κ3) is 6.28. The summed E-state index contributed by atoms with van der Waals surface area (Å²) in [7, 11) is 1.86. The summed E-state index contributed by atoms with van der Waals surface area (Å²) in [5.41, 5.74) is 3.41. The van der Waals surface area contributed by atoms with E-state index in [1.54, 1.807) is 29.5 Å². The SMILES string of the molecule is Cn1cc(-c2cnc(N(C(=O)CCc3ccccc3)C3CCC(Nc4ncc(C#N)c(N5CCC6(COC6)C5)n4)CC3)cn2)cn1. The van der Waals surface area contributed by atoms with Gasteiger partial charge in [-0.2, -0.15) is 15.3 Å². The van der Waals surface area contributed by atoms with Gasteiger partial charge in [0.05, 0.1) is 43.7 Å². The van der Waals surface area contributed by atoms with Crippen LogP contribution in [0.25, 0.3) is 11.3 Å². The summed E-state index contributed by atoms with van der Waals surface area (Å²) >= 11 is 0. The molecule has 5 heterocycles. The van der Waals surface area contributed by atoms with Crippen LogP contribution in [0.1, 0.15) is 49.7 Å². The van der Waals surface area contributed by atoms with Crippen LogP contribution in [0.5, 0.6) is 0 Å². The van der Waals surface area contributed by atoms with Crippen LogP contribution >= 0.6 is 0 Å². The Morgan fingerprint density at radius 1 is 1.09 bits per heavy atom. The highest BCUT2D eigenvalue weighted by molar-refractivity contribution is 5.93. The number of amides is 1. The van der Waals surface area contributed by atoms with Crippen molar-refractivity contribution in [3.05, 3.63) is 72.4 Å². The van der Waals surface area contributed by atoms with Gasteiger partial charge in [0, 0.05) is 55.8 Å². The minimum absolute atomic E-state index is 0.00259. The lowest BCUT2D eigenvalue weighted by molar-refractivity contribution is -0.119. The Hall–Kier alpha value is -4.89. The lowest BCUT2D eigenvalue weighted by Crippen LogP contribution is -2.45. The summed E-state index contributed by atoms with van der Waals surface area (Å²) in [6.45, 7) is 3.26. The quantitative estimate of drug-likeness (QED) is 0.291. The first-order valence-electron chi connectivity index (χ1n) is 16.0. The summed E-state index contributed by atoms with van der Waals surface area (Å²) in [4.78, 5) is 36.5. The molecule has 0 bridgehead atoms. The highest BCUT2D eigenvalue weighted by Crippen LogP contribution is 2.40. The Bertz CT molecular complexity index is 1710. The number of aryl methyl sites for hydroxylation is 2. The number of carbonyl (C=O) groups is 1. The molecule has 1 aliphatic carbocycles. The molecule has 3 fully saturated rings. The lowest BCUT2D eigenvalue weighted by atomic mass is 9.85. The van der Waals surface area contributed by atoms with E-state index >= 15 is 0 Å². The Morgan fingerprint density at radius 3 is 2.57 bits per heavy atom. The molecule has 0 radical (unpaired) electrons. The lowest BCUT2D eigenvalue weighted by Gasteiger charge is -2.37. The van der Waals surface area contributed by atoms with Gasteiger partial charge >= 0.3 is 0 Å². The van der Waals surface area contributed by atoms with Crippen LogP contribution in [0.15, 0.2) is 61.3 Å². The molecular formula is C34H38N10O2. The van der Waals surface area contributed by atoms with E-state index in [1.165, 1.54) is 0 Å². The summed E-state index contributed by atoms with van der Waals surface area (Å²) in [6.07, 6.45) is 14.1. The minimum Gasteiger partial charge on any atom is -0.380 e. The summed E-state index contributed by atoms with van der Waals surface area (Å²) < 4.78 is 7.21. The number of aromatic nitrogens is 6. The predicted molar refractivity (Wildman–Crippen MR) is 173 cm³/mol.